The molecule has 4 nitrogen and oxygen atoms in total. The molecule has 0 aromatic heterocycles. The van der Waals surface area contributed by atoms with Crippen molar-refractivity contribution in [2.45, 2.75) is 26.2 Å². The number of carboxylic acid groups (broad SMARTS) is 1. The van der Waals surface area contributed by atoms with Crippen molar-refractivity contribution in [2.24, 2.45) is 0 Å². The number of unbranched alkanes of at least 4 members (excludes halogenated alkanes) is 2. The maximum absolute atomic E-state index is 10.5. The molecule has 0 aromatic rings. The zero-order valence-corrected chi connectivity index (χ0v) is 8.03. The monoisotopic (exact) mass is 187 g/mol. The van der Waals surface area contributed by atoms with Crippen molar-refractivity contribution in [3.63, 3.8) is 0 Å². The van der Waals surface area contributed by atoms with Crippen LogP contribution >= 0.6 is 0 Å². The Labute approximate surface area is 78.8 Å². The molecule has 0 aromatic carbocycles. The average molecular weight is 187 g/mol. The highest BCUT2D eigenvalue weighted by atomic mass is 16.7. The van der Waals surface area contributed by atoms with Crippen LogP contribution in [0.3, 0.4) is 0 Å². The van der Waals surface area contributed by atoms with E-state index in [-0.39, 0.29) is 6.54 Å². The first kappa shape index (κ1) is 12.0. The van der Waals surface area contributed by atoms with E-state index in [1.165, 1.54) is 6.08 Å². The minimum atomic E-state index is -1.07. The molecule has 0 bridgehead atoms. The molecule has 0 saturated heterocycles. The maximum Gasteiger partial charge on any atom is 0.431 e. The molecule has 1 amide bonds. The van der Waals surface area contributed by atoms with Gasteiger partial charge in [-0.3, -0.25) is 4.84 Å². The van der Waals surface area contributed by atoms with E-state index >= 15 is 0 Å². The Morgan fingerprint density at radius 1 is 1.62 bits per heavy atom. The van der Waals surface area contributed by atoms with Gasteiger partial charge < -0.3 is 5.11 Å². The lowest BCUT2D eigenvalue weighted by atomic mass is 10.3. The smallest absolute Gasteiger partial charge is 0.431 e. The van der Waals surface area contributed by atoms with Gasteiger partial charge in [0, 0.05) is 0 Å². The number of hydrogen-bond acceptors (Lipinski definition) is 2. The normalized spacial score (nSPS) is 9.62. The summed E-state index contributed by atoms with van der Waals surface area (Å²) in [6, 6.07) is 0. The lowest BCUT2D eigenvalue weighted by Gasteiger charge is -2.16. The number of amides is 1. The molecule has 0 heterocycles. The van der Waals surface area contributed by atoms with Gasteiger partial charge in [0.1, 0.15) is 0 Å². The molecule has 0 aliphatic rings. The third-order valence-corrected chi connectivity index (χ3v) is 1.50. The fourth-order valence-electron chi connectivity index (χ4n) is 0.830. The van der Waals surface area contributed by atoms with E-state index in [9.17, 15) is 4.79 Å². The van der Waals surface area contributed by atoms with Crippen LogP contribution in [0.4, 0.5) is 4.79 Å². The van der Waals surface area contributed by atoms with E-state index < -0.39 is 6.09 Å². The predicted octanol–water partition coefficient (Wildman–Crippen LogP) is 2.27. The fourth-order valence-corrected chi connectivity index (χ4v) is 0.830. The SMILES string of the molecule is C=CCN(OCCCCC)C(=O)O. The van der Waals surface area contributed by atoms with E-state index in [0.29, 0.717) is 6.61 Å². The Hall–Kier alpha value is -1.03. The molecule has 0 spiro atoms. The van der Waals surface area contributed by atoms with Crippen molar-refractivity contribution in [3.8, 4) is 0 Å². The Morgan fingerprint density at radius 3 is 2.77 bits per heavy atom. The molecule has 0 aliphatic carbocycles. The van der Waals surface area contributed by atoms with Crippen molar-refractivity contribution in [1.82, 2.24) is 5.06 Å². The van der Waals surface area contributed by atoms with Crippen LogP contribution in [0, 0.1) is 0 Å². The first-order valence-electron chi connectivity index (χ1n) is 4.46. The summed E-state index contributed by atoms with van der Waals surface area (Å²) in [7, 11) is 0. The van der Waals surface area contributed by atoms with E-state index in [2.05, 4.69) is 13.5 Å². The van der Waals surface area contributed by atoms with Gasteiger partial charge in [-0.25, -0.2) is 4.79 Å². The highest BCUT2D eigenvalue weighted by Gasteiger charge is 2.09. The minimum absolute atomic E-state index is 0.210. The van der Waals surface area contributed by atoms with Crippen LogP contribution in [0.5, 0.6) is 0 Å². The van der Waals surface area contributed by atoms with Gasteiger partial charge in [-0.05, 0) is 6.42 Å². The van der Waals surface area contributed by atoms with Crippen LogP contribution in [0.25, 0.3) is 0 Å². The predicted molar refractivity (Wildman–Crippen MR) is 50.4 cm³/mol. The molecule has 0 atom stereocenters. The summed E-state index contributed by atoms with van der Waals surface area (Å²) >= 11 is 0. The summed E-state index contributed by atoms with van der Waals surface area (Å²) in [5, 5.41) is 9.51. The highest BCUT2D eigenvalue weighted by molar-refractivity contribution is 5.63. The quantitative estimate of drug-likeness (QED) is 0.378. The maximum atomic E-state index is 10.5. The first-order valence-corrected chi connectivity index (χ1v) is 4.46. The van der Waals surface area contributed by atoms with Crippen molar-refractivity contribution in [2.75, 3.05) is 13.2 Å². The molecule has 4 heteroatoms. The topological polar surface area (TPSA) is 49.8 Å². The molecular weight excluding hydrogens is 170 g/mol. The van der Waals surface area contributed by atoms with E-state index in [4.69, 9.17) is 9.94 Å². The number of carbonyl (C=O) groups is 1. The third-order valence-electron chi connectivity index (χ3n) is 1.50. The molecule has 0 aliphatic heterocycles. The number of rotatable bonds is 7. The molecule has 0 unspecified atom stereocenters. The zero-order valence-electron chi connectivity index (χ0n) is 8.03. The van der Waals surface area contributed by atoms with Gasteiger partial charge in [0.15, 0.2) is 0 Å². The summed E-state index contributed by atoms with van der Waals surface area (Å²) in [5.74, 6) is 0. The number of hydroxylamine groups is 2. The fraction of sp³-hybridized carbons (Fsp3) is 0.667. The lowest BCUT2D eigenvalue weighted by Crippen LogP contribution is -2.30. The molecule has 76 valence electrons. The van der Waals surface area contributed by atoms with Crippen molar-refractivity contribution >= 4 is 6.09 Å². The second-order valence-corrected chi connectivity index (χ2v) is 2.67. The second kappa shape index (κ2) is 7.61. The van der Waals surface area contributed by atoms with Gasteiger partial charge in [0.25, 0.3) is 0 Å². The van der Waals surface area contributed by atoms with Gasteiger partial charge in [-0.15, -0.1) is 6.58 Å². The van der Waals surface area contributed by atoms with Crippen LogP contribution in [0.2, 0.25) is 0 Å². The molecule has 1 N–H and O–H groups in total. The lowest BCUT2D eigenvalue weighted by molar-refractivity contribution is -0.124. The van der Waals surface area contributed by atoms with Crippen molar-refractivity contribution in [3.05, 3.63) is 12.7 Å². The van der Waals surface area contributed by atoms with Crippen molar-refractivity contribution in [1.29, 1.82) is 0 Å². The second-order valence-electron chi connectivity index (χ2n) is 2.67. The molecule has 13 heavy (non-hydrogen) atoms. The van der Waals surface area contributed by atoms with Gasteiger partial charge in [0.05, 0.1) is 13.2 Å². The minimum Gasteiger partial charge on any atom is -0.463 e. The Morgan fingerprint density at radius 2 is 2.31 bits per heavy atom. The van der Waals surface area contributed by atoms with Crippen LogP contribution in [-0.2, 0) is 4.84 Å². The van der Waals surface area contributed by atoms with Crippen LogP contribution in [-0.4, -0.2) is 29.4 Å². The summed E-state index contributed by atoms with van der Waals surface area (Å²) < 4.78 is 0. The van der Waals surface area contributed by atoms with E-state index in [1.807, 2.05) is 0 Å². The molecule has 0 rings (SSSR count). The van der Waals surface area contributed by atoms with E-state index in [0.717, 1.165) is 24.3 Å². The Kier molecular flexibility index (Phi) is 7.01. The number of nitrogens with zero attached hydrogens (tertiary/aromatic N) is 1. The van der Waals surface area contributed by atoms with Crippen molar-refractivity contribution < 1.29 is 14.7 Å². The summed E-state index contributed by atoms with van der Waals surface area (Å²) in [6.07, 6.45) is 3.46. The summed E-state index contributed by atoms with van der Waals surface area (Å²) in [5.41, 5.74) is 0. The Bertz CT molecular complexity index is 159. The van der Waals surface area contributed by atoms with Crippen LogP contribution in [0.1, 0.15) is 26.2 Å². The Balaban J connectivity index is 3.56. The largest absolute Gasteiger partial charge is 0.463 e. The summed E-state index contributed by atoms with van der Waals surface area (Å²) in [6.45, 7) is 6.19. The molecule has 0 fully saturated rings. The summed E-state index contributed by atoms with van der Waals surface area (Å²) in [4.78, 5) is 15.5. The molecule has 0 radical (unpaired) electrons. The van der Waals surface area contributed by atoms with Crippen LogP contribution < -0.4 is 0 Å². The van der Waals surface area contributed by atoms with E-state index in [1.54, 1.807) is 0 Å². The highest BCUT2D eigenvalue weighted by Crippen LogP contribution is 1.98. The van der Waals surface area contributed by atoms with Crippen LogP contribution in [0.15, 0.2) is 12.7 Å². The first-order chi connectivity index (χ1) is 6.22. The standard InChI is InChI=1S/C9H17NO3/c1-3-5-6-8-13-10(7-4-2)9(11)12/h4H,2-3,5-8H2,1H3,(H,11,12). The third kappa shape index (κ3) is 6.16. The zero-order chi connectivity index (χ0) is 10.1. The number of hydrogen-bond donors (Lipinski definition) is 1. The average Bonchev–Trinajstić information content (AvgIpc) is 2.10. The molecular formula is C9H17NO3. The van der Waals surface area contributed by atoms with Gasteiger partial charge in [-0.1, -0.05) is 25.8 Å². The van der Waals surface area contributed by atoms with Gasteiger partial charge in [-0.2, -0.15) is 5.06 Å². The van der Waals surface area contributed by atoms with Gasteiger partial charge in [0.2, 0.25) is 0 Å². The van der Waals surface area contributed by atoms with Gasteiger partial charge >= 0.3 is 6.09 Å². The molecule has 0 saturated carbocycles.